The van der Waals surface area contributed by atoms with Gasteiger partial charge in [0.05, 0.1) is 7.11 Å². The Kier molecular flexibility index (Phi) is 4.97. The maximum Gasteiger partial charge on any atom is 0.123 e. The van der Waals surface area contributed by atoms with Crippen molar-refractivity contribution in [1.29, 1.82) is 0 Å². The second-order valence-electron chi connectivity index (χ2n) is 5.42. The van der Waals surface area contributed by atoms with Gasteiger partial charge in [-0.2, -0.15) is 0 Å². The molecule has 0 fully saturated rings. The molecular formula is C18H22FNO. The summed E-state index contributed by atoms with van der Waals surface area (Å²) in [6.45, 7) is 6.80. The highest BCUT2D eigenvalue weighted by atomic mass is 19.1. The highest BCUT2D eigenvalue weighted by Gasteiger charge is 2.11. The van der Waals surface area contributed by atoms with Gasteiger partial charge in [-0.05, 0) is 50.1 Å². The predicted molar refractivity (Wildman–Crippen MR) is 84.1 cm³/mol. The van der Waals surface area contributed by atoms with Gasteiger partial charge in [-0.15, -0.1) is 0 Å². The van der Waals surface area contributed by atoms with Crippen molar-refractivity contribution < 1.29 is 9.13 Å². The van der Waals surface area contributed by atoms with Crippen LogP contribution in [0.1, 0.15) is 35.2 Å². The third-order valence-electron chi connectivity index (χ3n) is 3.76. The fraction of sp³-hybridized carbons (Fsp3) is 0.333. The van der Waals surface area contributed by atoms with Crippen molar-refractivity contribution in [1.82, 2.24) is 5.32 Å². The lowest BCUT2D eigenvalue weighted by Gasteiger charge is -2.18. The number of ether oxygens (including phenoxy) is 1. The second-order valence-corrected chi connectivity index (χ2v) is 5.42. The van der Waals surface area contributed by atoms with E-state index in [1.165, 1.54) is 11.6 Å². The average Bonchev–Trinajstić information content (AvgIpc) is 2.46. The van der Waals surface area contributed by atoms with Crippen molar-refractivity contribution in [3.05, 3.63) is 64.5 Å². The molecule has 0 saturated heterocycles. The van der Waals surface area contributed by atoms with Gasteiger partial charge >= 0.3 is 0 Å². The third kappa shape index (κ3) is 3.82. The van der Waals surface area contributed by atoms with Gasteiger partial charge in [0.1, 0.15) is 11.6 Å². The van der Waals surface area contributed by atoms with Crippen molar-refractivity contribution >= 4 is 0 Å². The van der Waals surface area contributed by atoms with Gasteiger partial charge in [-0.1, -0.05) is 23.8 Å². The van der Waals surface area contributed by atoms with Crippen LogP contribution in [-0.2, 0) is 6.54 Å². The zero-order chi connectivity index (χ0) is 15.4. The molecule has 0 spiro atoms. The molecule has 0 aliphatic heterocycles. The summed E-state index contributed by atoms with van der Waals surface area (Å²) in [5, 5.41) is 3.47. The lowest BCUT2D eigenvalue weighted by molar-refractivity contribution is 0.401. The summed E-state index contributed by atoms with van der Waals surface area (Å²) in [5.74, 6) is 0.695. The van der Waals surface area contributed by atoms with Gasteiger partial charge in [-0.25, -0.2) is 4.39 Å². The molecule has 3 heteroatoms. The molecule has 1 N–H and O–H groups in total. The van der Waals surface area contributed by atoms with E-state index in [0.717, 1.165) is 22.4 Å². The molecule has 1 atom stereocenters. The molecule has 112 valence electrons. The molecule has 0 saturated carbocycles. The van der Waals surface area contributed by atoms with Gasteiger partial charge in [0.15, 0.2) is 0 Å². The number of rotatable bonds is 5. The Morgan fingerprint density at radius 3 is 2.57 bits per heavy atom. The molecule has 2 aromatic carbocycles. The fourth-order valence-electron chi connectivity index (χ4n) is 2.42. The van der Waals surface area contributed by atoms with E-state index in [2.05, 4.69) is 25.2 Å². The van der Waals surface area contributed by atoms with Crippen molar-refractivity contribution in [3.8, 4) is 5.75 Å². The van der Waals surface area contributed by atoms with Crippen LogP contribution in [0.3, 0.4) is 0 Å². The summed E-state index contributed by atoms with van der Waals surface area (Å²) in [6.07, 6.45) is 0. The monoisotopic (exact) mass is 287 g/mol. The van der Waals surface area contributed by atoms with Crippen molar-refractivity contribution in [3.63, 3.8) is 0 Å². The standard InChI is InChI=1S/C18H22FNO/c1-12-5-8-18(21-4)17(9-12)14(3)20-11-15-6-7-16(19)10-13(15)2/h5-10,14,20H,11H2,1-4H3. The Hall–Kier alpha value is -1.87. The lowest BCUT2D eigenvalue weighted by atomic mass is 10.0. The maximum atomic E-state index is 13.1. The Bertz CT molecular complexity index is 625. The first-order valence-electron chi connectivity index (χ1n) is 7.14. The van der Waals surface area contributed by atoms with Crippen molar-refractivity contribution in [2.75, 3.05) is 7.11 Å². The molecule has 0 aromatic heterocycles. The van der Waals surface area contributed by atoms with Crippen molar-refractivity contribution in [2.24, 2.45) is 0 Å². The van der Waals surface area contributed by atoms with Crippen LogP contribution < -0.4 is 10.1 Å². The molecule has 0 bridgehead atoms. The van der Waals surface area contributed by atoms with Crippen LogP contribution in [-0.4, -0.2) is 7.11 Å². The minimum absolute atomic E-state index is 0.157. The predicted octanol–water partition coefficient (Wildman–Crippen LogP) is 4.30. The number of nitrogens with one attached hydrogen (secondary N) is 1. The van der Waals surface area contributed by atoms with E-state index in [4.69, 9.17) is 4.74 Å². The number of benzene rings is 2. The van der Waals surface area contributed by atoms with E-state index >= 15 is 0 Å². The summed E-state index contributed by atoms with van der Waals surface area (Å²) >= 11 is 0. The maximum absolute atomic E-state index is 13.1. The van der Waals surface area contributed by atoms with Gasteiger partial charge in [0.2, 0.25) is 0 Å². The van der Waals surface area contributed by atoms with Crippen LogP contribution in [0.2, 0.25) is 0 Å². The second kappa shape index (κ2) is 6.72. The zero-order valence-electron chi connectivity index (χ0n) is 13.0. The number of methoxy groups -OCH3 is 1. The first-order valence-corrected chi connectivity index (χ1v) is 7.14. The molecule has 0 radical (unpaired) electrons. The van der Waals surface area contributed by atoms with Crippen molar-refractivity contribution in [2.45, 2.75) is 33.4 Å². The summed E-state index contributed by atoms with van der Waals surface area (Å²) in [4.78, 5) is 0. The summed E-state index contributed by atoms with van der Waals surface area (Å²) in [6, 6.07) is 11.2. The van der Waals surface area contributed by atoms with Gasteiger partial charge in [0.25, 0.3) is 0 Å². The SMILES string of the molecule is COc1ccc(C)cc1C(C)NCc1ccc(F)cc1C. The van der Waals surface area contributed by atoms with E-state index in [9.17, 15) is 4.39 Å². The quantitative estimate of drug-likeness (QED) is 0.885. The molecule has 2 aromatic rings. The normalized spacial score (nSPS) is 12.2. The Morgan fingerprint density at radius 1 is 1.14 bits per heavy atom. The smallest absolute Gasteiger partial charge is 0.123 e. The molecule has 1 unspecified atom stereocenters. The molecule has 2 nitrogen and oxygen atoms in total. The summed E-state index contributed by atoms with van der Waals surface area (Å²) in [7, 11) is 1.69. The molecule has 0 heterocycles. The number of hydrogen-bond donors (Lipinski definition) is 1. The minimum atomic E-state index is -0.190. The number of hydrogen-bond acceptors (Lipinski definition) is 2. The molecule has 0 aliphatic carbocycles. The largest absolute Gasteiger partial charge is 0.496 e. The van der Waals surface area contributed by atoms with E-state index in [0.29, 0.717) is 6.54 Å². The topological polar surface area (TPSA) is 21.3 Å². The third-order valence-corrected chi connectivity index (χ3v) is 3.76. The molecule has 21 heavy (non-hydrogen) atoms. The Morgan fingerprint density at radius 2 is 1.90 bits per heavy atom. The Labute approximate surface area is 126 Å². The van der Waals surface area contributed by atoms with Gasteiger partial charge in [0, 0.05) is 18.2 Å². The molecule has 0 amide bonds. The van der Waals surface area contributed by atoms with E-state index in [-0.39, 0.29) is 11.9 Å². The Balaban J connectivity index is 2.11. The number of aryl methyl sites for hydroxylation is 2. The molecule has 0 aliphatic rings. The van der Waals surface area contributed by atoms with Crippen LogP contribution in [0, 0.1) is 19.7 Å². The lowest BCUT2D eigenvalue weighted by Crippen LogP contribution is -2.19. The first kappa shape index (κ1) is 15.5. The average molecular weight is 287 g/mol. The molecule has 2 rings (SSSR count). The zero-order valence-corrected chi connectivity index (χ0v) is 13.0. The van der Waals surface area contributed by atoms with Gasteiger partial charge < -0.3 is 10.1 Å². The van der Waals surface area contributed by atoms with E-state index in [1.54, 1.807) is 13.2 Å². The van der Waals surface area contributed by atoms with Crippen LogP contribution in [0.4, 0.5) is 4.39 Å². The van der Waals surface area contributed by atoms with Crippen LogP contribution in [0.5, 0.6) is 5.75 Å². The summed E-state index contributed by atoms with van der Waals surface area (Å²) < 4.78 is 18.5. The van der Waals surface area contributed by atoms with Gasteiger partial charge in [-0.3, -0.25) is 0 Å². The fourth-order valence-corrected chi connectivity index (χ4v) is 2.42. The van der Waals surface area contributed by atoms with E-state index in [1.807, 2.05) is 25.1 Å². The number of halogens is 1. The van der Waals surface area contributed by atoms with Crippen LogP contribution >= 0.6 is 0 Å². The van der Waals surface area contributed by atoms with Crippen LogP contribution in [0.15, 0.2) is 36.4 Å². The summed E-state index contributed by atoms with van der Waals surface area (Å²) in [5.41, 5.74) is 4.41. The minimum Gasteiger partial charge on any atom is -0.496 e. The highest BCUT2D eigenvalue weighted by Crippen LogP contribution is 2.26. The molecular weight excluding hydrogens is 265 g/mol. The van der Waals surface area contributed by atoms with Crippen LogP contribution in [0.25, 0.3) is 0 Å². The van der Waals surface area contributed by atoms with E-state index < -0.39 is 0 Å². The first-order chi connectivity index (χ1) is 10.0. The highest BCUT2D eigenvalue weighted by molar-refractivity contribution is 5.39.